The highest BCUT2D eigenvalue weighted by Gasteiger charge is 2.23. The smallest absolute Gasteiger partial charge is 0.328 e. The molecule has 0 spiro atoms. The Balaban J connectivity index is 2.15. The van der Waals surface area contributed by atoms with Crippen LogP contribution in [-0.2, 0) is 9.53 Å². The number of benzene rings is 1. The molecule has 2 atom stereocenters. The van der Waals surface area contributed by atoms with Gasteiger partial charge in [0, 0.05) is 12.1 Å². The van der Waals surface area contributed by atoms with Crippen LogP contribution in [0.2, 0.25) is 0 Å². The number of ether oxygens (including phenoxy) is 1. The lowest BCUT2D eigenvalue weighted by atomic mass is 10.0. The summed E-state index contributed by atoms with van der Waals surface area (Å²) < 4.78 is 44.5. The summed E-state index contributed by atoms with van der Waals surface area (Å²) in [5.41, 5.74) is 0.204. The van der Waals surface area contributed by atoms with Crippen molar-refractivity contribution in [2.24, 2.45) is 0 Å². The van der Waals surface area contributed by atoms with Gasteiger partial charge in [-0.2, -0.15) is 0 Å². The van der Waals surface area contributed by atoms with Crippen molar-refractivity contribution in [3.8, 4) is 0 Å². The van der Waals surface area contributed by atoms with Gasteiger partial charge >= 0.3 is 5.97 Å². The third-order valence-electron chi connectivity index (χ3n) is 2.88. The van der Waals surface area contributed by atoms with Gasteiger partial charge in [-0.15, -0.1) is 0 Å². The summed E-state index contributed by atoms with van der Waals surface area (Å²) in [5, 5.41) is 11.5. The zero-order valence-electron chi connectivity index (χ0n) is 10.3. The fourth-order valence-electron chi connectivity index (χ4n) is 1.95. The van der Waals surface area contributed by atoms with Gasteiger partial charge in [-0.05, 0) is 17.7 Å². The van der Waals surface area contributed by atoms with Crippen LogP contribution in [0.4, 0.5) is 13.2 Å². The third-order valence-corrected chi connectivity index (χ3v) is 2.88. The third kappa shape index (κ3) is 3.37. The summed E-state index contributed by atoms with van der Waals surface area (Å²) in [6.07, 6.45) is 2.33. The van der Waals surface area contributed by atoms with Crippen molar-refractivity contribution in [1.29, 1.82) is 0 Å². The molecule has 2 N–H and O–H groups in total. The molecule has 1 aromatic rings. The van der Waals surface area contributed by atoms with Gasteiger partial charge in [-0.3, -0.25) is 5.32 Å². The zero-order chi connectivity index (χ0) is 14.7. The summed E-state index contributed by atoms with van der Waals surface area (Å²) in [6, 6.07) is 0.837. The summed E-state index contributed by atoms with van der Waals surface area (Å²) in [7, 11) is 0. The van der Waals surface area contributed by atoms with Crippen LogP contribution in [0.25, 0.3) is 0 Å². The lowest BCUT2D eigenvalue weighted by molar-refractivity contribution is -0.131. The Morgan fingerprint density at radius 1 is 1.30 bits per heavy atom. The Hall–Kier alpha value is -1.86. The first-order chi connectivity index (χ1) is 9.47. The van der Waals surface area contributed by atoms with Gasteiger partial charge in [0.15, 0.2) is 17.5 Å². The van der Waals surface area contributed by atoms with E-state index < -0.39 is 35.5 Å². The van der Waals surface area contributed by atoms with Gasteiger partial charge in [0.25, 0.3) is 0 Å². The maximum Gasteiger partial charge on any atom is 0.328 e. The molecule has 0 unspecified atom stereocenters. The van der Waals surface area contributed by atoms with Crippen molar-refractivity contribution in [3.05, 3.63) is 47.3 Å². The Morgan fingerprint density at radius 2 is 1.95 bits per heavy atom. The number of hydrogen-bond donors (Lipinski definition) is 2. The molecule has 1 heterocycles. The van der Waals surface area contributed by atoms with Gasteiger partial charge < -0.3 is 9.84 Å². The molecule has 1 aliphatic rings. The van der Waals surface area contributed by atoms with Crippen LogP contribution in [0.5, 0.6) is 0 Å². The Bertz CT molecular complexity index is 525. The van der Waals surface area contributed by atoms with E-state index in [-0.39, 0.29) is 18.8 Å². The van der Waals surface area contributed by atoms with Crippen molar-refractivity contribution >= 4 is 5.97 Å². The van der Waals surface area contributed by atoms with Crippen LogP contribution in [0.1, 0.15) is 11.6 Å². The van der Waals surface area contributed by atoms with E-state index >= 15 is 0 Å². The number of carboxylic acid groups (broad SMARTS) is 1. The van der Waals surface area contributed by atoms with Crippen LogP contribution < -0.4 is 5.32 Å². The van der Waals surface area contributed by atoms with Gasteiger partial charge in [-0.1, -0.05) is 6.08 Å². The van der Waals surface area contributed by atoms with E-state index in [1.807, 2.05) is 0 Å². The first-order valence-electron chi connectivity index (χ1n) is 5.86. The number of hydrogen-bond acceptors (Lipinski definition) is 3. The Labute approximate surface area is 112 Å². The lowest BCUT2D eigenvalue weighted by Crippen LogP contribution is -2.42. The minimum absolute atomic E-state index is 0.155. The van der Waals surface area contributed by atoms with Crippen molar-refractivity contribution < 1.29 is 27.8 Å². The second kappa shape index (κ2) is 6.06. The van der Waals surface area contributed by atoms with E-state index in [1.165, 1.54) is 6.08 Å². The topological polar surface area (TPSA) is 58.6 Å². The number of halogens is 3. The number of rotatable bonds is 3. The molecule has 7 heteroatoms. The molecule has 1 aromatic carbocycles. The Kier molecular flexibility index (Phi) is 4.41. The molecule has 4 nitrogen and oxygen atoms in total. The molecule has 1 saturated heterocycles. The van der Waals surface area contributed by atoms with Crippen molar-refractivity contribution in [3.63, 3.8) is 0 Å². The standard InChI is InChI=1S/C13H12F3NO3/c14-9-3-7(4-10(15)13(9)16)11-6-20-5-8(17-11)1-2-12(18)19/h1-4,8,11,17H,5-6H2,(H,18,19)/t8-,11-/m0/s1. The zero-order valence-corrected chi connectivity index (χ0v) is 10.3. The molecule has 1 fully saturated rings. The van der Waals surface area contributed by atoms with Gasteiger partial charge in [0.2, 0.25) is 0 Å². The number of morpholine rings is 1. The van der Waals surface area contributed by atoms with E-state index in [1.54, 1.807) is 0 Å². The van der Waals surface area contributed by atoms with Crippen LogP contribution in [0.15, 0.2) is 24.3 Å². The molecule has 0 amide bonds. The lowest BCUT2D eigenvalue weighted by Gasteiger charge is -2.29. The fraction of sp³-hybridized carbons (Fsp3) is 0.308. The van der Waals surface area contributed by atoms with Crippen LogP contribution in [0, 0.1) is 17.5 Å². The highest BCUT2D eigenvalue weighted by Crippen LogP contribution is 2.22. The van der Waals surface area contributed by atoms with E-state index in [9.17, 15) is 18.0 Å². The van der Waals surface area contributed by atoms with E-state index in [2.05, 4.69) is 5.32 Å². The van der Waals surface area contributed by atoms with Gasteiger partial charge in [0.05, 0.1) is 19.3 Å². The second-order valence-corrected chi connectivity index (χ2v) is 4.36. The summed E-state index contributed by atoms with van der Waals surface area (Å²) in [5.74, 6) is -5.17. The number of nitrogens with one attached hydrogen (secondary N) is 1. The molecular weight excluding hydrogens is 275 g/mol. The van der Waals surface area contributed by atoms with Gasteiger partial charge in [0.1, 0.15) is 0 Å². The summed E-state index contributed by atoms with van der Waals surface area (Å²) in [4.78, 5) is 10.4. The average molecular weight is 287 g/mol. The van der Waals surface area contributed by atoms with Gasteiger partial charge in [-0.25, -0.2) is 18.0 Å². The molecular formula is C13H12F3NO3. The molecule has 0 radical (unpaired) electrons. The molecule has 20 heavy (non-hydrogen) atoms. The van der Waals surface area contributed by atoms with E-state index in [0.29, 0.717) is 0 Å². The molecule has 0 aromatic heterocycles. The van der Waals surface area contributed by atoms with Crippen molar-refractivity contribution in [2.45, 2.75) is 12.1 Å². The first kappa shape index (κ1) is 14.5. The predicted octanol–water partition coefficient (Wildman–Crippen LogP) is 1.77. The van der Waals surface area contributed by atoms with Crippen LogP contribution in [-0.4, -0.2) is 30.3 Å². The maximum absolute atomic E-state index is 13.2. The average Bonchev–Trinajstić information content (AvgIpc) is 2.42. The number of aliphatic carboxylic acids is 1. The highest BCUT2D eigenvalue weighted by atomic mass is 19.2. The van der Waals surface area contributed by atoms with Crippen molar-refractivity contribution in [2.75, 3.05) is 13.2 Å². The molecule has 108 valence electrons. The molecule has 0 aliphatic carbocycles. The molecule has 0 saturated carbocycles. The minimum atomic E-state index is -1.52. The second-order valence-electron chi connectivity index (χ2n) is 4.36. The van der Waals surface area contributed by atoms with Crippen LogP contribution >= 0.6 is 0 Å². The summed E-state index contributed by atoms with van der Waals surface area (Å²) in [6.45, 7) is 0.397. The van der Waals surface area contributed by atoms with Crippen LogP contribution in [0.3, 0.4) is 0 Å². The molecule has 0 bridgehead atoms. The maximum atomic E-state index is 13.2. The van der Waals surface area contributed by atoms with E-state index in [4.69, 9.17) is 9.84 Å². The first-order valence-corrected chi connectivity index (χ1v) is 5.86. The normalized spacial score (nSPS) is 23.1. The number of carbonyl (C=O) groups is 1. The molecule has 1 aliphatic heterocycles. The SMILES string of the molecule is O=C(O)C=C[C@H]1COC[C@@H](c2cc(F)c(F)c(F)c2)N1. The largest absolute Gasteiger partial charge is 0.478 e. The molecule has 2 rings (SSSR count). The quantitative estimate of drug-likeness (QED) is 0.657. The Morgan fingerprint density at radius 3 is 2.55 bits per heavy atom. The monoisotopic (exact) mass is 287 g/mol. The fourth-order valence-corrected chi connectivity index (χ4v) is 1.95. The van der Waals surface area contributed by atoms with E-state index in [0.717, 1.165) is 18.2 Å². The number of carboxylic acids is 1. The predicted molar refractivity (Wildman–Crippen MR) is 63.6 cm³/mol. The van der Waals surface area contributed by atoms with Crippen molar-refractivity contribution in [1.82, 2.24) is 5.32 Å². The summed E-state index contributed by atoms with van der Waals surface area (Å²) >= 11 is 0. The highest BCUT2D eigenvalue weighted by molar-refractivity contribution is 5.79. The minimum Gasteiger partial charge on any atom is -0.478 e.